The van der Waals surface area contributed by atoms with Crippen molar-refractivity contribution in [3.63, 3.8) is 0 Å². The van der Waals surface area contributed by atoms with E-state index in [9.17, 15) is 0 Å². The number of ether oxygens (including phenoxy) is 1. The summed E-state index contributed by atoms with van der Waals surface area (Å²) in [4.78, 5) is 3.92. The number of hydrogen-bond acceptors (Lipinski definition) is 5. The molecule has 1 aromatic heterocycles. The van der Waals surface area contributed by atoms with Gasteiger partial charge in [-0.05, 0) is 70.3 Å². The first-order chi connectivity index (χ1) is 9.85. The van der Waals surface area contributed by atoms with Crippen LogP contribution < -0.4 is 10.1 Å². The zero-order valence-electron chi connectivity index (χ0n) is 12.1. The Morgan fingerprint density at radius 3 is 2.43 bits per heavy atom. The maximum Gasteiger partial charge on any atom is 0.213 e. The summed E-state index contributed by atoms with van der Waals surface area (Å²) in [5.74, 6) is 1.23. The Bertz CT molecular complexity index is 572. The van der Waals surface area contributed by atoms with Crippen LogP contribution in [-0.2, 0) is 13.2 Å². The highest BCUT2D eigenvalue weighted by Gasteiger charge is 2.13. The van der Waals surface area contributed by atoms with Gasteiger partial charge in [0.2, 0.25) is 12.2 Å². The van der Waals surface area contributed by atoms with Gasteiger partial charge in [-0.3, -0.25) is 0 Å². The molecule has 2 rings (SSSR count). The summed E-state index contributed by atoms with van der Waals surface area (Å²) in [6.45, 7) is 7.46. The highest BCUT2D eigenvalue weighted by Crippen LogP contribution is 2.35. The van der Waals surface area contributed by atoms with Crippen molar-refractivity contribution in [1.82, 2.24) is 15.5 Å². The second-order valence-corrected chi connectivity index (χ2v) is 7.34. The second-order valence-electron chi connectivity index (χ2n) is 5.63. The Kier molecular flexibility index (Phi) is 5.40. The molecule has 0 aliphatic rings. The molecule has 5 nitrogen and oxygen atoms in total. The molecule has 0 saturated heterocycles. The Hall–Kier alpha value is -0.920. The van der Waals surface area contributed by atoms with Crippen LogP contribution in [0.5, 0.6) is 5.75 Å². The fourth-order valence-electron chi connectivity index (χ4n) is 1.61. The fraction of sp³-hybridized carbons (Fsp3) is 0.429. The van der Waals surface area contributed by atoms with E-state index in [0.717, 1.165) is 26.8 Å². The lowest BCUT2D eigenvalue weighted by atomic mass is 10.1. The summed E-state index contributed by atoms with van der Waals surface area (Å²) >= 11 is 7.07. The molecule has 21 heavy (non-hydrogen) atoms. The molecule has 1 N–H and O–H groups in total. The lowest BCUT2D eigenvalue weighted by Gasteiger charge is -2.21. The Morgan fingerprint density at radius 2 is 1.90 bits per heavy atom. The molecular formula is C14H17Br2N3O2. The van der Waals surface area contributed by atoms with Gasteiger partial charge in [0.25, 0.3) is 0 Å². The average Bonchev–Trinajstić information content (AvgIpc) is 2.87. The predicted molar refractivity (Wildman–Crippen MR) is 87.1 cm³/mol. The molecule has 2 aromatic rings. The number of rotatable bonds is 5. The van der Waals surface area contributed by atoms with E-state index in [4.69, 9.17) is 4.74 Å². The van der Waals surface area contributed by atoms with E-state index in [2.05, 4.69) is 72.6 Å². The van der Waals surface area contributed by atoms with Crippen molar-refractivity contribution in [2.75, 3.05) is 0 Å². The van der Waals surface area contributed by atoms with Crippen LogP contribution >= 0.6 is 31.9 Å². The SMILES string of the molecule is CC(C)(C)NCc1cc(Br)c(OCc2ncon2)c(Br)c1. The summed E-state index contributed by atoms with van der Waals surface area (Å²) in [5.41, 5.74) is 1.24. The third kappa shape index (κ3) is 5.09. The van der Waals surface area contributed by atoms with Crippen molar-refractivity contribution in [2.45, 2.75) is 39.5 Å². The molecule has 0 radical (unpaired) electrons. The van der Waals surface area contributed by atoms with E-state index in [0.29, 0.717) is 5.82 Å². The number of aromatic nitrogens is 2. The minimum atomic E-state index is 0.0761. The molecular weight excluding hydrogens is 402 g/mol. The van der Waals surface area contributed by atoms with E-state index in [-0.39, 0.29) is 12.1 Å². The van der Waals surface area contributed by atoms with Gasteiger partial charge < -0.3 is 14.6 Å². The number of halogens is 2. The number of benzene rings is 1. The zero-order chi connectivity index (χ0) is 15.5. The highest BCUT2D eigenvalue weighted by molar-refractivity contribution is 9.11. The van der Waals surface area contributed by atoms with E-state index in [1.165, 1.54) is 6.39 Å². The first kappa shape index (κ1) is 16.5. The van der Waals surface area contributed by atoms with Gasteiger partial charge in [0.1, 0.15) is 5.75 Å². The van der Waals surface area contributed by atoms with Crippen molar-refractivity contribution >= 4 is 31.9 Å². The molecule has 0 saturated carbocycles. The van der Waals surface area contributed by atoms with Gasteiger partial charge in [-0.25, -0.2) is 0 Å². The number of nitrogens with one attached hydrogen (secondary N) is 1. The largest absolute Gasteiger partial charge is 0.483 e. The molecule has 0 aliphatic heterocycles. The maximum absolute atomic E-state index is 5.71. The minimum absolute atomic E-state index is 0.0761. The molecule has 1 heterocycles. The zero-order valence-corrected chi connectivity index (χ0v) is 15.3. The first-order valence-electron chi connectivity index (χ1n) is 6.46. The number of nitrogens with zero attached hydrogens (tertiary/aromatic N) is 2. The van der Waals surface area contributed by atoms with Crippen molar-refractivity contribution in [3.05, 3.63) is 38.9 Å². The van der Waals surface area contributed by atoms with E-state index < -0.39 is 0 Å². The maximum atomic E-state index is 5.71. The molecule has 0 atom stereocenters. The van der Waals surface area contributed by atoms with Crippen LogP contribution in [0.4, 0.5) is 0 Å². The Morgan fingerprint density at radius 1 is 1.24 bits per heavy atom. The van der Waals surface area contributed by atoms with Gasteiger partial charge in [0.05, 0.1) is 8.95 Å². The second kappa shape index (κ2) is 6.89. The first-order valence-corrected chi connectivity index (χ1v) is 8.05. The lowest BCUT2D eigenvalue weighted by Crippen LogP contribution is -2.35. The summed E-state index contributed by atoms with van der Waals surface area (Å²) in [6, 6.07) is 4.07. The summed E-state index contributed by atoms with van der Waals surface area (Å²) in [5, 5.41) is 7.16. The smallest absolute Gasteiger partial charge is 0.213 e. The topological polar surface area (TPSA) is 60.2 Å². The molecule has 0 bridgehead atoms. The normalized spacial score (nSPS) is 11.7. The molecule has 0 spiro atoms. The van der Waals surface area contributed by atoms with Crippen LogP contribution in [0.25, 0.3) is 0 Å². The average molecular weight is 419 g/mol. The van der Waals surface area contributed by atoms with Crippen LogP contribution in [0.2, 0.25) is 0 Å². The van der Waals surface area contributed by atoms with Crippen LogP contribution in [0.3, 0.4) is 0 Å². The van der Waals surface area contributed by atoms with Gasteiger partial charge in [0.15, 0.2) is 6.61 Å². The van der Waals surface area contributed by atoms with Crippen molar-refractivity contribution in [1.29, 1.82) is 0 Å². The van der Waals surface area contributed by atoms with Crippen molar-refractivity contribution in [3.8, 4) is 5.75 Å². The molecule has 0 unspecified atom stereocenters. The van der Waals surface area contributed by atoms with Crippen molar-refractivity contribution < 1.29 is 9.26 Å². The predicted octanol–water partition coefficient (Wildman–Crippen LogP) is 4.06. The summed E-state index contributed by atoms with van der Waals surface area (Å²) < 4.78 is 12.1. The van der Waals surface area contributed by atoms with Gasteiger partial charge >= 0.3 is 0 Å². The Labute approximate surface area is 140 Å². The van der Waals surface area contributed by atoms with Gasteiger partial charge in [-0.1, -0.05) is 5.16 Å². The van der Waals surface area contributed by atoms with E-state index in [1.807, 2.05) is 12.1 Å². The van der Waals surface area contributed by atoms with Crippen LogP contribution in [0.15, 0.2) is 32.0 Å². The third-order valence-electron chi connectivity index (χ3n) is 2.63. The summed E-state index contributed by atoms with van der Waals surface area (Å²) in [7, 11) is 0. The third-order valence-corrected chi connectivity index (χ3v) is 3.81. The molecule has 7 heteroatoms. The van der Waals surface area contributed by atoms with E-state index in [1.54, 1.807) is 0 Å². The van der Waals surface area contributed by atoms with Crippen LogP contribution in [-0.4, -0.2) is 15.7 Å². The van der Waals surface area contributed by atoms with Crippen molar-refractivity contribution in [2.24, 2.45) is 0 Å². The van der Waals surface area contributed by atoms with Crippen LogP contribution in [0, 0.1) is 0 Å². The van der Waals surface area contributed by atoms with Gasteiger partial charge in [-0.15, -0.1) is 0 Å². The van der Waals surface area contributed by atoms with Crippen LogP contribution in [0.1, 0.15) is 32.2 Å². The monoisotopic (exact) mass is 417 g/mol. The highest BCUT2D eigenvalue weighted by atomic mass is 79.9. The molecule has 1 aromatic carbocycles. The standard InChI is InChI=1S/C14H17Br2N3O2/c1-14(2,3)18-6-9-4-10(15)13(11(16)5-9)20-7-12-17-8-21-19-12/h4-5,8,18H,6-7H2,1-3H3. The molecule has 114 valence electrons. The van der Waals surface area contributed by atoms with Gasteiger partial charge in [0, 0.05) is 12.1 Å². The lowest BCUT2D eigenvalue weighted by molar-refractivity contribution is 0.283. The number of hydrogen-bond donors (Lipinski definition) is 1. The molecule has 0 amide bonds. The minimum Gasteiger partial charge on any atom is -0.483 e. The fourth-order valence-corrected chi connectivity index (χ4v) is 3.12. The quantitative estimate of drug-likeness (QED) is 0.793. The van der Waals surface area contributed by atoms with Gasteiger partial charge in [-0.2, -0.15) is 4.98 Å². The molecule has 0 fully saturated rings. The Balaban J connectivity index is 2.06. The van der Waals surface area contributed by atoms with E-state index >= 15 is 0 Å². The molecule has 0 aliphatic carbocycles. The summed E-state index contributed by atoms with van der Waals surface area (Å²) in [6.07, 6.45) is 1.28.